The highest BCUT2D eigenvalue weighted by atomic mass is 32.1. The minimum atomic E-state index is 0.497. The molecule has 1 heterocycles. The SMILES string of the molecule is C=CCCC(NC)c1ccc(C)s1. The zero-order valence-electron chi connectivity index (χ0n) is 8.34. The molecule has 1 N–H and O–H groups in total. The van der Waals surface area contributed by atoms with E-state index >= 15 is 0 Å². The van der Waals surface area contributed by atoms with E-state index in [1.54, 1.807) is 0 Å². The van der Waals surface area contributed by atoms with E-state index in [9.17, 15) is 0 Å². The molecule has 2 heteroatoms. The van der Waals surface area contributed by atoms with Crippen molar-refractivity contribution >= 4 is 11.3 Å². The number of thiophene rings is 1. The summed E-state index contributed by atoms with van der Waals surface area (Å²) in [6.07, 6.45) is 4.19. The van der Waals surface area contributed by atoms with Crippen LogP contribution in [0.4, 0.5) is 0 Å². The van der Waals surface area contributed by atoms with Crippen LogP contribution in [0, 0.1) is 6.92 Å². The summed E-state index contributed by atoms with van der Waals surface area (Å²) in [5, 5.41) is 3.33. The lowest BCUT2D eigenvalue weighted by atomic mass is 10.1. The van der Waals surface area contributed by atoms with Gasteiger partial charge in [0.05, 0.1) is 0 Å². The van der Waals surface area contributed by atoms with E-state index in [1.807, 2.05) is 24.5 Å². The smallest absolute Gasteiger partial charge is 0.0415 e. The summed E-state index contributed by atoms with van der Waals surface area (Å²) in [6.45, 7) is 5.89. The van der Waals surface area contributed by atoms with Crippen LogP contribution in [0.3, 0.4) is 0 Å². The lowest BCUT2D eigenvalue weighted by molar-refractivity contribution is 0.564. The quantitative estimate of drug-likeness (QED) is 0.711. The van der Waals surface area contributed by atoms with Gasteiger partial charge in [-0.05, 0) is 38.9 Å². The lowest BCUT2D eigenvalue weighted by Crippen LogP contribution is -2.14. The number of hydrogen-bond acceptors (Lipinski definition) is 2. The Morgan fingerprint density at radius 1 is 1.62 bits per heavy atom. The third-order valence-electron chi connectivity index (χ3n) is 2.11. The fourth-order valence-electron chi connectivity index (χ4n) is 1.35. The van der Waals surface area contributed by atoms with E-state index in [2.05, 4.69) is 31.0 Å². The van der Waals surface area contributed by atoms with Crippen LogP contribution >= 0.6 is 11.3 Å². The van der Waals surface area contributed by atoms with Crippen LogP contribution in [0.2, 0.25) is 0 Å². The Bertz CT molecular complexity index is 265. The van der Waals surface area contributed by atoms with Crippen molar-refractivity contribution in [3.8, 4) is 0 Å². The number of hydrogen-bond donors (Lipinski definition) is 1. The summed E-state index contributed by atoms with van der Waals surface area (Å²) in [5.41, 5.74) is 0. The summed E-state index contributed by atoms with van der Waals surface area (Å²) >= 11 is 1.87. The molecular weight excluding hydrogens is 178 g/mol. The highest BCUT2D eigenvalue weighted by molar-refractivity contribution is 7.12. The summed E-state index contributed by atoms with van der Waals surface area (Å²) in [6, 6.07) is 4.89. The molecule has 0 amide bonds. The predicted octanol–water partition coefficient (Wildman–Crippen LogP) is 3.28. The van der Waals surface area contributed by atoms with Gasteiger partial charge in [-0.25, -0.2) is 0 Å². The average molecular weight is 195 g/mol. The van der Waals surface area contributed by atoms with Crippen LogP contribution in [0.1, 0.15) is 28.6 Å². The molecule has 1 rings (SSSR count). The van der Waals surface area contributed by atoms with Crippen molar-refractivity contribution in [2.24, 2.45) is 0 Å². The first-order chi connectivity index (χ1) is 6.27. The van der Waals surface area contributed by atoms with Gasteiger partial charge in [-0.15, -0.1) is 17.9 Å². The minimum Gasteiger partial charge on any atom is -0.312 e. The van der Waals surface area contributed by atoms with E-state index in [4.69, 9.17) is 0 Å². The van der Waals surface area contributed by atoms with E-state index in [0.29, 0.717) is 6.04 Å². The Labute approximate surface area is 84.5 Å². The maximum absolute atomic E-state index is 3.74. The van der Waals surface area contributed by atoms with E-state index < -0.39 is 0 Å². The third kappa shape index (κ3) is 2.98. The van der Waals surface area contributed by atoms with Gasteiger partial charge in [0.15, 0.2) is 0 Å². The number of aryl methyl sites for hydroxylation is 1. The molecule has 0 bridgehead atoms. The van der Waals surface area contributed by atoms with Crippen molar-refractivity contribution in [2.75, 3.05) is 7.05 Å². The summed E-state index contributed by atoms with van der Waals surface area (Å²) in [5.74, 6) is 0. The summed E-state index contributed by atoms with van der Waals surface area (Å²) in [7, 11) is 2.02. The molecule has 0 radical (unpaired) electrons. The highest BCUT2D eigenvalue weighted by Crippen LogP contribution is 2.25. The highest BCUT2D eigenvalue weighted by Gasteiger charge is 2.09. The molecule has 0 spiro atoms. The van der Waals surface area contributed by atoms with Gasteiger partial charge in [-0.3, -0.25) is 0 Å². The van der Waals surface area contributed by atoms with Crippen molar-refractivity contribution in [2.45, 2.75) is 25.8 Å². The molecule has 1 unspecified atom stereocenters. The Kier molecular flexibility index (Phi) is 4.19. The van der Waals surface area contributed by atoms with Crippen LogP contribution in [0.5, 0.6) is 0 Å². The van der Waals surface area contributed by atoms with Gasteiger partial charge < -0.3 is 5.32 Å². The van der Waals surface area contributed by atoms with Crippen LogP contribution in [-0.2, 0) is 0 Å². The average Bonchev–Trinajstić information content (AvgIpc) is 2.54. The number of nitrogens with one attached hydrogen (secondary N) is 1. The Hall–Kier alpha value is -0.600. The molecule has 0 saturated heterocycles. The molecule has 0 aromatic carbocycles. The van der Waals surface area contributed by atoms with E-state index in [0.717, 1.165) is 12.8 Å². The van der Waals surface area contributed by atoms with Gasteiger partial charge >= 0.3 is 0 Å². The largest absolute Gasteiger partial charge is 0.312 e. The molecule has 0 saturated carbocycles. The third-order valence-corrected chi connectivity index (χ3v) is 3.23. The van der Waals surface area contributed by atoms with E-state index in [1.165, 1.54) is 9.75 Å². The Morgan fingerprint density at radius 2 is 2.38 bits per heavy atom. The molecule has 13 heavy (non-hydrogen) atoms. The summed E-state index contributed by atoms with van der Waals surface area (Å²) < 4.78 is 0. The molecule has 1 atom stereocenters. The second-order valence-electron chi connectivity index (χ2n) is 3.16. The van der Waals surface area contributed by atoms with Gasteiger partial charge in [0.25, 0.3) is 0 Å². The molecule has 1 nitrogen and oxygen atoms in total. The molecular formula is C11H17NS. The molecule has 0 aliphatic carbocycles. The van der Waals surface area contributed by atoms with Crippen molar-refractivity contribution in [1.29, 1.82) is 0 Å². The minimum absolute atomic E-state index is 0.497. The van der Waals surface area contributed by atoms with Crippen molar-refractivity contribution in [3.05, 3.63) is 34.5 Å². The monoisotopic (exact) mass is 195 g/mol. The maximum Gasteiger partial charge on any atom is 0.0415 e. The maximum atomic E-state index is 3.74. The van der Waals surface area contributed by atoms with Gasteiger partial charge in [0.1, 0.15) is 0 Å². The second kappa shape index (κ2) is 5.20. The first-order valence-electron chi connectivity index (χ1n) is 4.62. The van der Waals surface area contributed by atoms with Gasteiger partial charge in [-0.1, -0.05) is 6.08 Å². The summed E-state index contributed by atoms with van der Waals surface area (Å²) in [4.78, 5) is 2.82. The fourth-order valence-corrected chi connectivity index (χ4v) is 2.38. The van der Waals surface area contributed by atoms with Crippen molar-refractivity contribution < 1.29 is 0 Å². The number of rotatable bonds is 5. The normalized spacial score (nSPS) is 12.8. The van der Waals surface area contributed by atoms with Crippen LogP contribution < -0.4 is 5.32 Å². The van der Waals surface area contributed by atoms with Crippen LogP contribution in [0.15, 0.2) is 24.8 Å². The van der Waals surface area contributed by atoms with Crippen LogP contribution in [0.25, 0.3) is 0 Å². The zero-order valence-corrected chi connectivity index (χ0v) is 9.16. The predicted molar refractivity (Wildman–Crippen MR) is 60.3 cm³/mol. The Morgan fingerprint density at radius 3 is 2.85 bits per heavy atom. The van der Waals surface area contributed by atoms with E-state index in [-0.39, 0.29) is 0 Å². The first kappa shape index (κ1) is 10.5. The molecule has 1 aromatic heterocycles. The fraction of sp³-hybridized carbons (Fsp3) is 0.455. The topological polar surface area (TPSA) is 12.0 Å². The molecule has 0 fully saturated rings. The molecule has 0 aliphatic heterocycles. The van der Waals surface area contributed by atoms with Gasteiger partial charge in [0.2, 0.25) is 0 Å². The Balaban J connectivity index is 2.60. The number of allylic oxidation sites excluding steroid dienone is 1. The molecule has 1 aromatic rings. The van der Waals surface area contributed by atoms with Crippen molar-refractivity contribution in [1.82, 2.24) is 5.32 Å². The second-order valence-corrected chi connectivity index (χ2v) is 4.48. The lowest BCUT2D eigenvalue weighted by Gasteiger charge is -2.12. The first-order valence-corrected chi connectivity index (χ1v) is 5.44. The molecule has 72 valence electrons. The van der Waals surface area contributed by atoms with Crippen molar-refractivity contribution in [3.63, 3.8) is 0 Å². The zero-order chi connectivity index (χ0) is 9.68. The van der Waals surface area contributed by atoms with Crippen LogP contribution in [-0.4, -0.2) is 7.05 Å². The van der Waals surface area contributed by atoms with Gasteiger partial charge in [-0.2, -0.15) is 0 Å². The standard InChI is InChI=1S/C11H17NS/c1-4-5-6-10(12-3)11-8-7-9(2)13-11/h4,7-8,10,12H,1,5-6H2,2-3H3. The molecule has 0 aliphatic rings. The van der Waals surface area contributed by atoms with Gasteiger partial charge in [0, 0.05) is 15.8 Å².